The topological polar surface area (TPSA) is 49.9 Å². The second-order valence-electron chi connectivity index (χ2n) is 8.48. The molecule has 0 aliphatic carbocycles. The first-order valence-corrected chi connectivity index (χ1v) is 10.2. The molecule has 3 saturated heterocycles. The maximum Gasteiger partial charge on any atom is 0.416 e. The molecule has 0 N–H and O–H groups in total. The number of urea groups is 1. The minimum Gasteiger partial charge on any atom is -0.370 e. The van der Waals surface area contributed by atoms with Crippen LogP contribution in [0.3, 0.4) is 0 Å². The summed E-state index contributed by atoms with van der Waals surface area (Å²) in [5.74, 6) is -0.509. The fourth-order valence-corrected chi connectivity index (χ4v) is 4.55. The minimum absolute atomic E-state index is 0.0505. The number of halogens is 4. The van der Waals surface area contributed by atoms with E-state index in [2.05, 4.69) is 0 Å². The summed E-state index contributed by atoms with van der Waals surface area (Å²) in [6, 6.07) is 2.58. The molecule has 0 unspecified atom stereocenters. The quantitative estimate of drug-likeness (QED) is 0.693. The number of likely N-dealkylation sites (tertiary alicyclic amines) is 2. The van der Waals surface area contributed by atoms with Gasteiger partial charge in [0.25, 0.3) is 0 Å². The number of hydrogen-bond donors (Lipinski definition) is 0. The number of fused-ring (bicyclic) bond motifs is 1. The fourth-order valence-electron chi connectivity index (χ4n) is 4.55. The van der Waals surface area contributed by atoms with Gasteiger partial charge in [-0.25, -0.2) is 9.18 Å². The molecule has 4 rings (SSSR count). The Kier molecular flexibility index (Phi) is 5.74. The van der Waals surface area contributed by atoms with Crippen molar-refractivity contribution >= 4 is 11.8 Å². The SMILES string of the molecule is O=C1CO[C@H]2CCN(C(=O)N3CC(CCc4ccc(C(F)(F)F)cc4F)C3)C[C@H]2C1. The van der Waals surface area contributed by atoms with Crippen molar-refractivity contribution in [2.24, 2.45) is 11.8 Å². The third kappa shape index (κ3) is 4.45. The lowest BCUT2D eigenvalue weighted by atomic mass is 9.88. The van der Waals surface area contributed by atoms with Gasteiger partial charge in [-0.1, -0.05) is 6.07 Å². The van der Waals surface area contributed by atoms with Gasteiger partial charge in [-0.3, -0.25) is 4.79 Å². The highest BCUT2D eigenvalue weighted by Gasteiger charge is 2.40. The Balaban J connectivity index is 1.23. The summed E-state index contributed by atoms with van der Waals surface area (Å²) >= 11 is 0. The Morgan fingerprint density at radius 2 is 1.93 bits per heavy atom. The molecule has 0 aromatic heterocycles. The zero-order chi connectivity index (χ0) is 21.5. The molecule has 2 amide bonds. The Labute approximate surface area is 172 Å². The van der Waals surface area contributed by atoms with Gasteiger partial charge in [0.1, 0.15) is 12.4 Å². The van der Waals surface area contributed by atoms with Crippen molar-refractivity contribution in [3.63, 3.8) is 0 Å². The number of piperidine rings is 1. The van der Waals surface area contributed by atoms with Crippen LogP contribution in [-0.2, 0) is 22.1 Å². The second kappa shape index (κ2) is 8.17. The van der Waals surface area contributed by atoms with Gasteiger partial charge in [0.2, 0.25) is 0 Å². The lowest BCUT2D eigenvalue weighted by Gasteiger charge is -2.46. The number of alkyl halides is 3. The van der Waals surface area contributed by atoms with Gasteiger partial charge in [0, 0.05) is 38.5 Å². The van der Waals surface area contributed by atoms with E-state index in [-0.39, 0.29) is 41.9 Å². The molecule has 3 fully saturated rings. The summed E-state index contributed by atoms with van der Waals surface area (Å²) < 4.78 is 57.4. The minimum atomic E-state index is -4.56. The Morgan fingerprint density at radius 1 is 1.17 bits per heavy atom. The first-order valence-electron chi connectivity index (χ1n) is 10.2. The van der Waals surface area contributed by atoms with Crippen LogP contribution in [0, 0.1) is 17.7 Å². The Morgan fingerprint density at radius 3 is 2.63 bits per heavy atom. The van der Waals surface area contributed by atoms with Crippen molar-refractivity contribution < 1.29 is 31.9 Å². The van der Waals surface area contributed by atoms with E-state index in [1.165, 1.54) is 6.07 Å². The fraction of sp³-hybridized carbons (Fsp3) is 0.619. The number of carbonyl (C=O) groups excluding carboxylic acids is 2. The van der Waals surface area contributed by atoms with E-state index in [0.717, 1.165) is 12.5 Å². The van der Waals surface area contributed by atoms with Crippen molar-refractivity contribution in [2.75, 3.05) is 32.8 Å². The molecule has 3 heterocycles. The Hall–Kier alpha value is -2.16. The highest BCUT2D eigenvalue weighted by molar-refractivity contribution is 5.81. The molecule has 3 aliphatic rings. The third-order valence-electron chi connectivity index (χ3n) is 6.31. The van der Waals surface area contributed by atoms with Crippen molar-refractivity contribution in [1.29, 1.82) is 0 Å². The number of Topliss-reactive ketones (excluding diaryl/α,β-unsaturated/α-hetero) is 1. The van der Waals surface area contributed by atoms with E-state index < -0.39 is 17.6 Å². The number of rotatable bonds is 3. The second-order valence-corrected chi connectivity index (χ2v) is 8.48. The van der Waals surface area contributed by atoms with E-state index in [1.807, 2.05) is 0 Å². The van der Waals surface area contributed by atoms with Crippen LogP contribution >= 0.6 is 0 Å². The number of ketones is 1. The molecule has 0 bridgehead atoms. The van der Waals surface area contributed by atoms with Gasteiger partial charge in [0.15, 0.2) is 5.78 Å². The summed E-state index contributed by atoms with van der Waals surface area (Å²) in [7, 11) is 0. The van der Waals surface area contributed by atoms with Gasteiger partial charge in [-0.2, -0.15) is 13.2 Å². The molecule has 0 saturated carbocycles. The molecule has 0 spiro atoms. The Bertz CT molecular complexity index is 823. The summed E-state index contributed by atoms with van der Waals surface area (Å²) in [5.41, 5.74) is -0.727. The van der Waals surface area contributed by atoms with Crippen LogP contribution in [0.4, 0.5) is 22.4 Å². The standard InChI is InChI=1S/C21H24F4N2O3/c22-18-8-16(21(23,24)25)4-3-14(18)2-1-13-9-27(10-13)20(29)26-6-5-19-15(11-26)7-17(28)12-30-19/h3-4,8,13,15,19H,1-2,5-7,9-12H2/t15-,19+/m1/s1. The van der Waals surface area contributed by atoms with Crippen molar-refractivity contribution in [1.82, 2.24) is 9.80 Å². The molecular formula is C21H24F4N2O3. The van der Waals surface area contributed by atoms with E-state index in [4.69, 9.17) is 4.74 Å². The summed E-state index contributed by atoms with van der Waals surface area (Å²) in [6.45, 7) is 2.41. The average molecular weight is 428 g/mol. The van der Waals surface area contributed by atoms with E-state index >= 15 is 0 Å². The maximum atomic E-state index is 14.0. The van der Waals surface area contributed by atoms with E-state index in [1.54, 1.807) is 9.80 Å². The maximum absolute atomic E-state index is 14.0. The van der Waals surface area contributed by atoms with Crippen LogP contribution < -0.4 is 0 Å². The van der Waals surface area contributed by atoms with E-state index in [9.17, 15) is 27.2 Å². The van der Waals surface area contributed by atoms with Crippen molar-refractivity contribution in [3.05, 3.63) is 35.1 Å². The molecule has 5 nitrogen and oxygen atoms in total. The highest BCUT2D eigenvalue weighted by Crippen LogP contribution is 2.32. The number of carbonyl (C=O) groups is 2. The van der Waals surface area contributed by atoms with Gasteiger partial charge in [-0.05, 0) is 42.9 Å². The number of aryl methyl sites for hydroxylation is 1. The van der Waals surface area contributed by atoms with Crippen LogP contribution in [0.15, 0.2) is 18.2 Å². The number of nitrogens with zero attached hydrogens (tertiary/aromatic N) is 2. The molecule has 30 heavy (non-hydrogen) atoms. The number of amides is 2. The molecular weight excluding hydrogens is 404 g/mol. The zero-order valence-corrected chi connectivity index (χ0v) is 16.5. The van der Waals surface area contributed by atoms with Gasteiger partial charge < -0.3 is 14.5 Å². The summed E-state index contributed by atoms with van der Waals surface area (Å²) in [5, 5.41) is 0. The monoisotopic (exact) mass is 428 g/mol. The van der Waals surface area contributed by atoms with Crippen molar-refractivity contribution in [3.8, 4) is 0 Å². The predicted octanol–water partition coefficient (Wildman–Crippen LogP) is 3.51. The highest BCUT2D eigenvalue weighted by atomic mass is 19.4. The lowest BCUT2D eigenvalue weighted by Crippen LogP contribution is -2.58. The third-order valence-corrected chi connectivity index (χ3v) is 6.31. The summed E-state index contributed by atoms with van der Waals surface area (Å²) in [4.78, 5) is 27.8. The number of ether oxygens (including phenoxy) is 1. The number of benzene rings is 1. The van der Waals surface area contributed by atoms with Crippen LogP contribution in [0.1, 0.15) is 30.4 Å². The molecule has 9 heteroatoms. The first kappa shape index (κ1) is 21.1. The number of hydrogen-bond acceptors (Lipinski definition) is 3. The van der Waals surface area contributed by atoms with Crippen LogP contribution in [-0.4, -0.2) is 60.5 Å². The first-order chi connectivity index (χ1) is 14.2. The zero-order valence-electron chi connectivity index (χ0n) is 16.5. The van der Waals surface area contributed by atoms with E-state index in [0.29, 0.717) is 51.5 Å². The van der Waals surface area contributed by atoms with Crippen LogP contribution in [0.5, 0.6) is 0 Å². The smallest absolute Gasteiger partial charge is 0.370 e. The molecule has 3 aliphatic heterocycles. The summed E-state index contributed by atoms with van der Waals surface area (Å²) in [6.07, 6.45) is -2.37. The molecule has 164 valence electrons. The lowest BCUT2D eigenvalue weighted by molar-refractivity contribution is -0.140. The average Bonchev–Trinajstić information content (AvgIpc) is 2.66. The van der Waals surface area contributed by atoms with Gasteiger partial charge in [0.05, 0.1) is 11.7 Å². The molecule has 2 atom stereocenters. The van der Waals surface area contributed by atoms with Crippen LogP contribution in [0.25, 0.3) is 0 Å². The van der Waals surface area contributed by atoms with Gasteiger partial charge in [-0.15, -0.1) is 0 Å². The normalized spacial score (nSPS) is 25.1. The molecule has 1 aromatic rings. The molecule has 0 radical (unpaired) electrons. The predicted molar refractivity (Wildman–Crippen MR) is 99.2 cm³/mol. The largest absolute Gasteiger partial charge is 0.416 e. The molecule has 1 aromatic carbocycles. The van der Waals surface area contributed by atoms with Crippen LogP contribution in [0.2, 0.25) is 0 Å². The van der Waals surface area contributed by atoms with Gasteiger partial charge >= 0.3 is 12.2 Å². The van der Waals surface area contributed by atoms with Crippen molar-refractivity contribution in [2.45, 2.75) is 38.0 Å².